The number of sulfone groups is 1. The first-order valence-electron chi connectivity index (χ1n) is 9.52. The Hall–Kier alpha value is -2.28. The summed E-state index contributed by atoms with van der Waals surface area (Å²) in [5, 5.41) is 3.08. The molecule has 4 rings (SSSR count). The maximum absolute atomic E-state index is 13.1. The first-order valence-corrected chi connectivity index (χ1v) is 12.6. The predicted molar refractivity (Wildman–Crippen MR) is 124 cm³/mol. The number of anilines is 1. The second-order valence-electron chi connectivity index (χ2n) is 7.14. The number of ether oxygens (including phenoxy) is 1. The molecule has 0 bridgehead atoms. The van der Waals surface area contributed by atoms with Crippen molar-refractivity contribution in [3.63, 3.8) is 0 Å². The fourth-order valence-corrected chi connectivity index (χ4v) is 6.63. The van der Waals surface area contributed by atoms with Crippen molar-refractivity contribution in [2.75, 3.05) is 37.1 Å². The summed E-state index contributed by atoms with van der Waals surface area (Å²) in [6.45, 7) is 0.835. The highest BCUT2D eigenvalue weighted by Gasteiger charge is 2.42. The number of hydrogen-bond acceptors (Lipinski definition) is 9. The number of rotatable bonds is 6. The number of hydrogen-bond donors (Lipinski definition) is 1. The van der Waals surface area contributed by atoms with Crippen LogP contribution in [0.1, 0.15) is 12.0 Å². The van der Waals surface area contributed by atoms with Crippen molar-refractivity contribution in [2.24, 2.45) is 0 Å². The van der Waals surface area contributed by atoms with E-state index in [1.54, 1.807) is 31.5 Å². The van der Waals surface area contributed by atoms with Crippen molar-refractivity contribution in [1.29, 1.82) is 0 Å². The standard InChI is InChI=1S/C19H20N4O5S3/c1-28-8-6-20-16-13(17(24)22-7-3-2-4-15(22)21-16)10-14-18(25)23(19(29)30-14)12-5-9-31(26,27)11-12/h2-4,7,10,12,20H,5-6,8-9,11H2,1H3. The molecule has 2 aromatic heterocycles. The highest BCUT2D eigenvalue weighted by molar-refractivity contribution is 8.26. The fourth-order valence-electron chi connectivity index (χ4n) is 3.54. The summed E-state index contributed by atoms with van der Waals surface area (Å²) < 4.78 is 30.4. The van der Waals surface area contributed by atoms with Crippen LogP contribution in [0.25, 0.3) is 11.7 Å². The number of amides is 1. The molecule has 0 spiro atoms. The van der Waals surface area contributed by atoms with Crippen LogP contribution in [-0.2, 0) is 19.4 Å². The molecule has 2 aliphatic heterocycles. The highest BCUT2D eigenvalue weighted by Crippen LogP contribution is 2.36. The van der Waals surface area contributed by atoms with Gasteiger partial charge in [0.2, 0.25) is 0 Å². The summed E-state index contributed by atoms with van der Waals surface area (Å²) in [6.07, 6.45) is 3.44. The third kappa shape index (κ3) is 4.38. The molecule has 1 unspecified atom stereocenters. The van der Waals surface area contributed by atoms with E-state index in [9.17, 15) is 18.0 Å². The van der Waals surface area contributed by atoms with Crippen LogP contribution in [0, 0.1) is 0 Å². The summed E-state index contributed by atoms with van der Waals surface area (Å²) in [5.41, 5.74) is 0.354. The van der Waals surface area contributed by atoms with Crippen LogP contribution in [0.2, 0.25) is 0 Å². The summed E-state index contributed by atoms with van der Waals surface area (Å²) in [5.74, 6) is -0.118. The molecule has 0 aromatic carbocycles. The number of nitrogens with one attached hydrogen (secondary N) is 1. The van der Waals surface area contributed by atoms with Crippen LogP contribution in [-0.4, -0.2) is 70.7 Å². The highest BCUT2D eigenvalue weighted by atomic mass is 32.2. The minimum atomic E-state index is -3.17. The Bertz CT molecular complexity index is 1250. The lowest BCUT2D eigenvalue weighted by molar-refractivity contribution is -0.123. The number of nitrogens with zero attached hydrogens (tertiary/aromatic N) is 3. The Balaban J connectivity index is 1.73. The molecule has 4 heterocycles. The fraction of sp³-hybridized carbons (Fsp3) is 0.368. The minimum absolute atomic E-state index is 0.0390. The van der Waals surface area contributed by atoms with E-state index in [2.05, 4.69) is 10.3 Å². The van der Waals surface area contributed by atoms with Gasteiger partial charge in [0.25, 0.3) is 11.5 Å². The molecule has 1 amide bonds. The van der Waals surface area contributed by atoms with E-state index < -0.39 is 21.8 Å². The van der Waals surface area contributed by atoms with Gasteiger partial charge in [0.15, 0.2) is 9.84 Å². The number of thiocarbonyl (C=S) groups is 1. The van der Waals surface area contributed by atoms with Crippen molar-refractivity contribution >= 4 is 61.6 Å². The van der Waals surface area contributed by atoms with Crippen molar-refractivity contribution in [2.45, 2.75) is 12.5 Å². The maximum Gasteiger partial charge on any atom is 0.267 e. The first-order chi connectivity index (χ1) is 14.8. The van der Waals surface area contributed by atoms with Gasteiger partial charge in [-0.05, 0) is 24.6 Å². The van der Waals surface area contributed by atoms with E-state index in [0.29, 0.717) is 35.4 Å². The third-order valence-electron chi connectivity index (χ3n) is 5.04. The van der Waals surface area contributed by atoms with Crippen molar-refractivity contribution in [3.05, 3.63) is 45.2 Å². The van der Waals surface area contributed by atoms with E-state index in [-0.39, 0.29) is 27.5 Å². The van der Waals surface area contributed by atoms with E-state index in [0.717, 1.165) is 11.8 Å². The molecular weight excluding hydrogens is 460 g/mol. The lowest BCUT2D eigenvalue weighted by Gasteiger charge is -2.20. The summed E-state index contributed by atoms with van der Waals surface area (Å²) in [7, 11) is -1.60. The van der Waals surface area contributed by atoms with Crippen LogP contribution >= 0.6 is 24.0 Å². The summed E-state index contributed by atoms with van der Waals surface area (Å²) >= 11 is 6.41. The zero-order valence-corrected chi connectivity index (χ0v) is 19.1. The lowest BCUT2D eigenvalue weighted by atomic mass is 10.2. The smallest absolute Gasteiger partial charge is 0.267 e. The Labute approximate surface area is 188 Å². The molecule has 2 aromatic rings. The van der Waals surface area contributed by atoms with Crippen molar-refractivity contribution < 1.29 is 17.9 Å². The molecule has 164 valence electrons. The van der Waals surface area contributed by atoms with Crippen LogP contribution < -0.4 is 10.9 Å². The van der Waals surface area contributed by atoms with Gasteiger partial charge in [-0.25, -0.2) is 13.4 Å². The molecule has 1 N–H and O–H groups in total. The average molecular weight is 481 g/mol. The topological polar surface area (TPSA) is 110 Å². The van der Waals surface area contributed by atoms with Crippen LogP contribution in [0.3, 0.4) is 0 Å². The number of thioether (sulfide) groups is 1. The van der Waals surface area contributed by atoms with Crippen LogP contribution in [0.15, 0.2) is 34.1 Å². The predicted octanol–water partition coefficient (Wildman–Crippen LogP) is 1.14. The summed E-state index contributed by atoms with van der Waals surface area (Å²) in [4.78, 5) is 32.3. The van der Waals surface area contributed by atoms with Crippen LogP contribution in [0.5, 0.6) is 0 Å². The zero-order valence-electron chi connectivity index (χ0n) is 16.6. The minimum Gasteiger partial charge on any atom is -0.383 e. The van der Waals surface area contributed by atoms with Crippen LogP contribution in [0.4, 0.5) is 5.82 Å². The van der Waals surface area contributed by atoms with Gasteiger partial charge in [-0.15, -0.1) is 0 Å². The molecule has 0 aliphatic carbocycles. The molecule has 2 saturated heterocycles. The number of aromatic nitrogens is 2. The SMILES string of the molecule is COCCNc1nc2ccccn2c(=O)c1C=C1SC(=S)N(C2CCS(=O)(=O)C2)C1=O. The Morgan fingerprint density at radius 3 is 2.90 bits per heavy atom. The zero-order chi connectivity index (χ0) is 22.2. The molecular formula is C19H20N4O5S3. The second kappa shape index (κ2) is 8.69. The van der Waals surface area contributed by atoms with Gasteiger partial charge in [-0.2, -0.15) is 0 Å². The van der Waals surface area contributed by atoms with Gasteiger partial charge in [0.1, 0.15) is 15.8 Å². The largest absolute Gasteiger partial charge is 0.383 e. The second-order valence-corrected chi connectivity index (χ2v) is 11.0. The molecule has 0 radical (unpaired) electrons. The van der Waals surface area contributed by atoms with Crippen molar-refractivity contribution in [1.82, 2.24) is 14.3 Å². The number of pyridine rings is 1. The summed E-state index contributed by atoms with van der Waals surface area (Å²) in [6, 6.07) is 4.74. The molecule has 2 fully saturated rings. The van der Waals surface area contributed by atoms with E-state index in [1.165, 1.54) is 15.4 Å². The van der Waals surface area contributed by atoms with Gasteiger partial charge < -0.3 is 10.1 Å². The molecule has 9 nitrogen and oxygen atoms in total. The lowest BCUT2D eigenvalue weighted by Crippen LogP contribution is -2.39. The third-order valence-corrected chi connectivity index (χ3v) is 8.12. The molecule has 12 heteroatoms. The normalized spacial score (nSPS) is 22.0. The van der Waals surface area contributed by atoms with Gasteiger partial charge in [0.05, 0.1) is 34.6 Å². The Morgan fingerprint density at radius 1 is 1.39 bits per heavy atom. The van der Waals surface area contributed by atoms with Gasteiger partial charge in [0, 0.05) is 19.9 Å². The maximum atomic E-state index is 13.1. The molecule has 1 atom stereocenters. The first kappa shape index (κ1) is 21.9. The Kier molecular flexibility index (Phi) is 6.15. The number of fused-ring (bicyclic) bond motifs is 1. The number of methoxy groups -OCH3 is 1. The average Bonchev–Trinajstić information content (AvgIpc) is 3.22. The van der Waals surface area contributed by atoms with Gasteiger partial charge >= 0.3 is 0 Å². The van der Waals surface area contributed by atoms with Gasteiger partial charge in [-0.3, -0.25) is 18.9 Å². The monoisotopic (exact) mass is 480 g/mol. The molecule has 0 saturated carbocycles. The van der Waals surface area contributed by atoms with Crippen molar-refractivity contribution in [3.8, 4) is 0 Å². The number of carbonyl (C=O) groups is 1. The van der Waals surface area contributed by atoms with Gasteiger partial charge in [-0.1, -0.05) is 30.0 Å². The molecule has 2 aliphatic rings. The van der Waals surface area contributed by atoms with E-state index in [1.807, 2.05) is 0 Å². The Morgan fingerprint density at radius 2 is 2.19 bits per heavy atom. The van der Waals surface area contributed by atoms with E-state index >= 15 is 0 Å². The number of carbonyl (C=O) groups excluding carboxylic acids is 1. The quantitative estimate of drug-likeness (QED) is 0.370. The van der Waals surface area contributed by atoms with E-state index in [4.69, 9.17) is 17.0 Å². The molecule has 31 heavy (non-hydrogen) atoms.